The molecule has 0 radical (unpaired) electrons. The van der Waals surface area contributed by atoms with Crippen LogP contribution in [-0.2, 0) is 16.0 Å². The summed E-state index contributed by atoms with van der Waals surface area (Å²) in [7, 11) is 0. The molecule has 5 nitrogen and oxygen atoms in total. The maximum absolute atomic E-state index is 12.1. The van der Waals surface area contributed by atoms with Crippen molar-refractivity contribution in [2.75, 3.05) is 23.4 Å². The lowest BCUT2D eigenvalue weighted by atomic mass is 10.0. The third kappa shape index (κ3) is 4.31. The van der Waals surface area contributed by atoms with Gasteiger partial charge >= 0.3 is 0 Å². The largest absolute Gasteiger partial charge is 0.484 e. The molecule has 1 aliphatic rings. The molecular formula is C19H19ClN2O3. The van der Waals surface area contributed by atoms with Crippen LogP contribution in [0.5, 0.6) is 5.75 Å². The Morgan fingerprint density at radius 2 is 2.08 bits per heavy atom. The molecule has 2 aromatic rings. The maximum atomic E-state index is 12.1. The maximum Gasteiger partial charge on any atom is 0.262 e. The lowest BCUT2D eigenvalue weighted by Gasteiger charge is -2.29. The fourth-order valence-electron chi connectivity index (χ4n) is 2.90. The molecule has 0 bridgehead atoms. The number of anilines is 2. The fraction of sp³-hybridized carbons (Fsp3) is 0.263. The van der Waals surface area contributed by atoms with E-state index in [-0.39, 0.29) is 18.4 Å². The number of ether oxygens (including phenoxy) is 1. The van der Waals surface area contributed by atoms with Crippen molar-refractivity contribution in [2.45, 2.75) is 19.8 Å². The minimum Gasteiger partial charge on any atom is -0.484 e. The monoisotopic (exact) mass is 358 g/mol. The highest BCUT2D eigenvalue weighted by Gasteiger charge is 2.20. The van der Waals surface area contributed by atoms with Gasteiger partial charge in [0.1, 0.15) is 5.75 Å². The van der Waals surface area contributed by atoms with Crippen LogP contribution in [0.2, 0.25) is 5.02 Å². The van der Waals surface area contributed by atoms with E-state index < -0.39 is 0 Å². The number of halogens is 1. The van der Waals surface area contributed by atoms with E-state index in [9.17, 15) is 9.59 Å². The van der Waals surface area contributed by atoms with E-state index >= 15 is 0 Å². The van der Waals surface area contributed by atoms with Crippen LogP contribution >= 0.6 is 11.6 Å². The van der Waals surface area contributed by atoms with Crippen molar-refractivity contribution < 1.29 is 14.3 Å². The van der Waals surface area contributed by atoms with Gasteiger partial charge in [0.2, 0.25) is 5.91 Å². The first-order valence-corrected chi connectivity index (χ1v) is 8.50. The number of carbonyl (C=O) groups is 2. The number of benzene rings is 2. The average Bonchev–Trinajstić information content (AvgIpc) is 2.59. The molecule has 0 unspecified atom stereocenters. The van der Waals surface area contributed by atoms with E-state index in [4.69, 9.17) is 16.3 Å². The number of aryl methyl sites for hydroxylation is 1. The normalized spacial score (nSPS) is 13.1. The number of nitrogens with zero attached hydrogens (tertiary/aromatic N) is 1. The van der Waals surface area contributed by atoms with Gasteiger partial charge in [0, 0.05) is 29.9 Å². The molecule has 6 heteroatoms. The molecule has 2 amide bonds. The van der Waals surface area contributed by atoms with Crippen LogP contribution < -0.4 is 15.0 Å². The van der Waals surface area contributed by atoms with Gasteiger partial charge < -0.3 is 15.0 Å². The zero-order valence-electron chi connectivity index (χ0n) is 13.9. The van der Waals surface area contributed by atoms with E-state index in [1.807, 2.05) is 12.1 Å². The van der Waals surface area contributed by atoms with Crippen LogP contribution in [-0.4, -0.2) is 25.0 Å². The predicted octanol–water partition coefficient (Wildman–Crippen LogP) is 3.66. The second-order valence-electron chi connectivity index (χ2n) is 5.91. The molecule has 0 saturated heterocycles. The molecule has 1 aliphatic heterocycles. The first-order chi connectivity index (χ1) is 12.0. The van der Waals surface area contributed by atoms with E-state index in [1.165, 1.54) is 0 Å². The van der Waals surface area contributed by atoms with Crippen molar-refractivity contribution in [3.63, 3.8) is 0 Å². The highest BCUT2D eigenvalue weighted by Crippen LogP contribution is 2.29. The highest BCUT2D eigenvalue weighted by atomic mass is 35.5. The van der Waals surface area contributed by atoms with Gasteiger partial charge in [-0.05, 0) is 54.8 Å². The lowest BCUT2D eigenvalue weighted by Crippen LogP contribution is -2.33. The number of nitrogens with one attached hydrogen (secondary N) is 1. The molecule has 25 heavy (non-hydrogen) atoms. The van der Waals surface area contributed by atoms with Crippen molar-refractivity contribution in [2.24, 2.45) is 0 Å². The molecule has 0 fully saturated rings. The fourth-order valence-corrected chi connectivity index (χ4v) is 3.08. The summed E-state index contributed by atoms with van der Waals surface area (Å²) in [4.78, 5) is 25.5. The molecule has 130 valence electrons. The SMILES string of the molecule is CC(=O)N1CCCc2cc(NC(=O)COc3cccc(Cl)c3)ccc21. The van der Waals surface area contributed by atoms with Gasteiger partial charge in [-0.3, -0.25) is 9.59 Å². The van der Waals surface area contributed by atoms with E-state index in [1.54, 1.807) is 42.2 Å². The zero-order chi connectivity index (χ0) is 17.8. The Morgan fingerprint density at radius 1 is 1.24 bits per heavy atom. The van der Waals surface area contributed by atoms with Crippen molar-refractivity contribution >= 4 is 34.8 Å². The Balaban J connectivity index is 1.63. The second-order valence-corrected chi connectivity index (χ2v) is 6.35. The van der Waals surface area contributed by atoms with Crippen LogP contribution in [0.15, 0.2) is 42.5 Å². The van der Waals surface area contributed by atoms with Crippen molar-refractivity contribution in [1.82, 2.24) is 0 Å². The van der Waals surface area contributed by atoms with Gasteiger partial charge in [-0.25, -0.2) is 0 Å². The number of hydrogen-bond donors (Lipinski definition) is 1. The van der Waals surface area contributed by atoms with Crippen molar-refractivity contribution in [3.8, 4) is 5.75 Å². The van der Waals surface area contributed by atoms with Crippen LogP contribution in [0.25, 0.3) is 0 Å². The molecule has 0 aliphatic carbocycles. The molecule has 0 saturated carbocycles. The first kappa shape index (κ1) is 17.3. The molecule has 2 aromatic carbocycles. The van der Waals surface area contributed by atoms with E-state index in [0.29, 0.717) is 16.5 Å². The summed E-state index contributed by atoms with van der Waals surface area (Å²) >= 11 is 5.88. The summed E-state index contributed by atoms with van der Waals surface area (Å²) in [5.74, 6) is 0.331. The van der Waals surface area contributed by atoms with E-state index in [0.717, 1.165) is 30.6 Å². The van der Waals surface area contributed by atoms with E-state index in [2.05, 4.69) is 5.32 Å². The summed E-state index contributed by atoms with van der Waals surface area (Å²) in [5, 5.41) is 3.38. The topological polar surface area (TPSA) is 58.6 Å². The number of carbonyl (C=O) groups excluding carboxylic acids is 2. The smallest absolute Gasteiger partial charge is 0.262 e. The number of fused-ring (bicyclic) bond motifs is 1. The molecular weight excluding hydrogens is 340 g/mol. The summed E-state index contributed by atoms with van der Waals surface area (Å²) in [6, 6.07) is 12.5. The predicted molar refractivity (Wildman–Crippen MR) is 98.4 cm³/mol. The minimum atomic E-state index is -0.251. The quantitative estimate of drug-likeness (QED) is 0.907. The average molecular weight is 359 g/mol. The third-order valence-corrected chi connectivity index (χ3v) is 4.26. The Bertz CT molecular complexity index is 807. The van der Waals surface area contributed by atoms with Gasteiger partial charge in [-0.1, -0.05) is 17.7 Å². The summed E-state index contributed by atoms with van der Waals surface area (Å²) < 4.78 is 5.43. The van der Waals surface area contributed by atoms with Gasteiger partial charge in [-0.15, -0.1) is 0 Å². The Hall–Kier alpha value is -2.53. The molecule has 0 atom stereocenters. The number of hydrogen-bond acceptors (Lipinski definition) is 3. The van der Waals surface area contributed by atoms with Crippen LogP contribution in [0.3, 0.4) is 0 Å². The van der Waals surface area contributed by atoms with Gasteiger partial charge in [0.05, 0.1) is 0 Å². The molecule has 0 spiro atoms. The van der Waals surface area contributed by atoms with Crippen LogP contribution in [0.4, 0.5) is 11.4 Å². The summed E-state index contributed by atoms with van der Waals surface area (Å²) in [6.45, 7) is 2.20. The van der Waals surface area contributed by atoms with Crippen molar-refractivity contribution in [1.29, 1.82) is 0 Å². The standard InChI is InChI=1S/C19H19ClN2O3/c1-13(23)22-9-3-4-14-10-16(7-8-18(14)22)21-19(24)12-25-17-6-2-5-15(20)11-17/h2,5-8,10-11H,3-4,9,12H2,1H3,(H,21,24). The molecule has 3 rings (SSSR count). The molecule has 1 N–H and O–H groups in total. The van der Waals surface area contributed by atoms with Gasteiger partial charge in [0.25, 0.3) is 5.91 Å². The minimum absolute atomic E-state index is 0.0349. The number of rotatable bonds is 4. The second kappa shape index (κ2) is 7.57. The van der Waals surface area contributed by atoms with Gasteiger partial charge in [0.15, 0.2) is 6.61 Å². The van der Waals surface area contributed by atoms with Crippen LogP contribution in [0, 0.1) is 0 Å². The number of amides is 2. The van der Waals surface area contributed by atoms with Crippen LogP contribution in [0.1, 0.15) is 18.9 Å². The third-order valence-electron chi connectivity index (χ3n) is 4.03. The Labute approximate surface area is 151 Å². The van der Waals surface area contributed by atoms with Gasteiger partial charge in [-0.2, -0.15) is 0 Å². The molecule has 1 heterocycles. The Kier molecular flexibility index (Phi) is 5.24. The summed E-state index contributed by atoms with van der Waals surface area (Å²) in [6.07, 6.45) is 1.81. The zero-order valence-corrected chi connectivity index (χ0v) is 14.7. The summed E-state index contributed by atoms with van der Waals surface area (Å²) in [5.41, 5.74) is 2.69. The molecule has 0 aromatic heterocycles. The highest BCUT2D eigenvalue weighted by molar-refractivity contribution is 6.30. The van der Waals surface area contributed by atoms with Crippen molar-refractivity contribution in [3.05, 3.63) is 53.1 Å². The Morgan fingerprint density at radius 3 is 2.84 bits per heavy atom. The lowest BCUT2D eigenvalue weighted by molar-refractivity contribution is -0.118. The first-order valence-electron chi connectivity index (χ1n) is 8.12.